The number of ether oxygens (including phenoxy) is 1. The van der Waals surface area contributed by atoms with Crippen molar-refractivity contribution in [3.8, 4) is 0 Å². The van der Waals surface area contributed by atoms with Gasteiger partial charge in [-0.15, -0.1) is 0 Å². The van der Waals surface area contributed by atoms with Gasteiger partial charge in [0.05, 0.1) is 11.8 Å². The Hall–Kier alpha value is -1.18. The van der Waals surface area contributed by atoms with Gasteiger partial charge in [-0.3, -0.25) is 4.98 Å². The summed E-state index contributed by atoms with van der Waals surface area (Å²) >= 11 is 0. The first-order valence-corrected chi connectivity index (χ1v) is 7.22. The maximum absolute atomic E-state index is 11.8. The monoisotopic (exact) mass is 273 g/mol. The van der Waals surface area contributed by atoms with Gasteiger partial charge in [0.1, 0.15) is 4.90 Å². The summed E-state index contributed by atoms with van der Waals surface area (Å²) in [5.41, 5.74) is 5.81. The Morgan fingerprint density at radius 1 is 1.44 bits per heavy atom. The van der Waals surface area contributed by atoms with Crippen molar-refractivity contribution in [2.24, 2.45) is 0 Å². The number of sulfonamides is 1. The maximum Gasteiger partial charge on any atom is 0.242 e. The van der Waals surface area contributed by atoms with Gasteiger partial charge in [0.15, 0.2) is 0 Å². The van der Waals surface area contributed by atoms with Crippen LogP contribution in [-0.4, -0.2) is 32.7 Å². The van der Waals surface area contributed by atoms with E-state index in [1.165, 1.54) is 18.5 Å². The normalized spacial score (nSPS) is 11.9. The molecule has 0 aliphatic carbocycles. The van der Waals surface area contributed by atoms with Gasteiger partial charge in [-0.05, 0) is 26.3 Å². The Kier molecular flexibility index (Phi) is 5.52. The summed E-state index contributed by atoms with van der Waals surface area (Å²) < 4.78 is 31.5. The van der Waals surface area contributed by atoms with Crippen LogP contribution in [0, 0.1) is 0 Å². The largest absolute Gasteiger partial charge is 0.397 e. The summed E-state index contributed by atoms with van der Waals surface area (Å²) in [6, 6.07) is 1.37. The van der Waals surface area contributed by atoms with Gasteiger partial charge in [0, 0.05) is 25.5 Å². The van der Waals surface area contributed by atoms with E-state index in [1.807, 2.05) is 13.8 Å². The lowest BCUT2D eigenvalue weighted by molar-refractivity contribution is 0.0778. The van der Waals surface area contributed by atoms with Crippen LogP contribution < -0.4 is 10.5 Å². The zero-order chi connectivity index (χ0) is 13.6. The second-order valence-electron chi connectivity index (χ2n) is 4.12. The van der Waals surface area contributed by atoms with Crippen molar-refractivity contribution in [1.82, 2.24) is 9.71 Å². The summed E-state index contributed by atoms with van der Waals surface area (Å²) in [4.78, 5) is 3.83. The third kappa shape index (κ3) is 4.99. The van der Waals surface area contributed by atoms with Gasteiger partial charge in [-0.2, -0.15) is 0 Å². The van der Waals surface area contributed by atoms with E-state index in [4.69, 9.17) is 10.5 Å². The highest BCUT2D eigenvalue weighted by Crippen LogP contribution is 2.10. The number of hydrogen-bond donors (Lipinski definition) is 2. The number of aromatic nitrogens is 1. The van der Waals surface area contributed by atoms with E-state index in [1.54, 1.807) is 0 Å². The molecule has 102 valence electrons. The van der Waals surface area contributed by atoms with Gasteiger partial charge in [0.25, 0.3) is 0 Å². The average Bonchev–Trinajstić information content (AvgIpc) is 2.28. The third-order valence-corrected chi connectivity index (χ3v) is 3.54. The lowest BCUT2D eigenvalue weighted by atomic mass is 10.4. The molecule has 7 heteroatoms. The van der Waals surface area contributed by atoms with Crippen molar-refractivity contribution in [3.05, 3.63) is 18.5 Å². The van der Waals surface area contributed by atoms with Crippen LogP contribution in [0.1, 0.15) is 20.3 Å². The highest BCUT2D eigenvalue weighted by atomic mass is 32.2. The highest BCUT2D eigenvalue weighted by Gasteiger charge is 2.13. The summed E-state index contributed by atoms with van der Waals surface area (Å²) in [6.45, 7) is 4.71. The van der Waals surface area contributed by atoms with Crippen molar-refractivity contribution in [3.63, 3.8) is 0 Å². The molecule has 0 radical (unpaired) electrons. The second kappa shape index (κ2) is 6.67. The smallest absolute Gasteiger partial charge is 0.242 e. The number of nitrogens with one attached hydrogen (secondary N) is 1. The van der Waals surface area contributed by atoms with Crippen molar-refractivity contribution >= 4 is 15.7 Å². The molecular weight excluding hydrogens is 254 g/mol. The van der Waals surface area contributed by atoms with E-state index in [9.17, 15) is 8.42 Å². The number of rotatable bonds is 7. The minimum Gasteiger partial charge on any atom is -0.397 e. The molecule has 3 N–H and O–H groups in total. The first-order chi connectivity index (χ1) is 8.42. The van der Waals surface area contributed by atoms with Crippen molar-refractivity contribution < 1.29 is 13.2 Å². The number of nitrogens with zero attached hydrogens (tertiary/aromatic N) is 1. The third-order valence-electron chi connectivity index (χ3n) is 2.11. The van der Waals surface area contributed by atoms with Crippen LogP contribution in [-0.2, 0) is 14.8 Å². The van der Waals surface area contributed by atoms with Gasteiger partial charge in [-0.1, -0.05) is 0 Å². The van der Waals surface area contributed by atoms with Crippen molar-refractivity contribution in [2.45, 2.75) is 31.3 Å². The minimum atomic E-state index is -3.53. The van der Waals surface area contributed by atoms with Crippen LogP contribution in [0.3, 0.4) is 0 Å². The molecule has 0 saturated heterocycles. The molecular formula is C11H19N3O3S. The van der Waals surface area contributed by atoms with E-state index in [0.29, 0.717) is 25.3 Å². The van der Waals surface area contributed by atoms with Crippen LogP contribution in [0.15, 0.2) is 23.4 Å². The van der Waals surface area contributed by atoms with Gasteiger partial charge in [0.2, 0.25) is 10.0 Å². The lowest BCUT2D eigenvalue weighted by Crippen LogP contribution is -2.26. The van der Waals surface area contributed by atoms with Gasteiger partial charge in [-0.25, -0.2) is 13.1 Å². The van der Waals surface area contributed by atoms with Crippen LogP contribution >= 0.6 is 0 Å². The van der Waals surface area contributed by atoms with E-state index in [-0.39, 0.29) is 11.0 Å². The fraction of sp³-hybridized carbons (Fsp3) is 0.545. The molecule has 0 aliphatic heterocycles. The standard InChI is InChI=1S/C11H19N3O3S/c1-9(2)17-5-3-4-14-18(15,16)11-6-10(12)7-13-8-11/h6-9,14H,3-5,12H2,1-2H3. The molecule has 0 aliphatic rings. The topological polar surface area (TPSA) is 94.3 Å². The zero-order valence-electron chi connectivity index (χ0n) is 10.6. The molecule has 6 nitrogen and oxygen atoms in total. The second-order valence-corrected chi connectivity index (χ2v) is 5.89. The zero-order valence-corrected chi connectivity index (χ0v) is 11.4. The predicted molar refractivity (Wildman–Crippen MR) is 69.5 cm³/mol. The van der Waals surface area contributed by atoms with E-state index in [0.717, 1.165) is 0 Å². The van der Waals surface area contributed by atoms with E-state index < -0.39 is 10.0 Å². The molecule has 18 heavy (non-hydrogen) atoms. The van der Waals surface area contributed by atoms with E-state index in [2.05, 4.69) is 9.71 Å². The average molecular weight is 273 g/mol. The molecule has 0 atom stereocenters. The summed E-state index contributed by atoms with van der Waals surface area (Å²) in [7, 11) is -3.53. The predicted octanol–water partition coefficient (Wildman–Crippen LogP) is 0.757. The van der Waals surface area contributed by atoms with Crippen LogP contribution in [0.2, 0.25) is 0 Å². The summed E-state index contributed by atoms with van der Waals surface area (Å²) in [6.07, 6.45) is 3.44. The molecule has 0 fully saturated rings. The summed E-state index contributed by atoms with van der Waals surface area (Å²) in [5.74, 6) is 0. The molecule has 0 aromatic carbocycles. The first kappa shape index (κ1) is 14.9. The SMILES string of the molecule is CC(C)OCCCNS(=O)(=O)c1cncc(N)c1. The quantitative estimate of drug-likeness (QED) is 0.715. The molecule has 1 rings (SSSR count). The Balaban J connectivity index is 2.46. The van der Waals surface area contributed by atoms with Crippen LogP contribution in [0.25, 0.3) is 0 Å². The minimum absolute atomic E-state index is 0.0762. The number of anilines is 1. The number of pyridine rings is 1. The molecule has 0 bridgehead atoms. The van der Waals surface area contributed by atoms with Crippen LogP contribution in [0.4, 0.5) is 5.69 Å². The molecule has 0 saturated carbocycles. The molecule has 1 aromatic heterocycles. The number of hydrogen-bond acceptors (Lipinski definition) is 5. The van der Waals surface area contributed by atoms with E-state index >= 15 is 0 Å². The molecule has 0 spiro atoms. The Bertz CT molecular complexity index is 474. The van der Waals surface area contributed by atoms with Gasteiger partial charge < -0.3 is 10.5 Å². The number of nitrogens with two attached hydrogens (primary N) is 1. The highest BCUT2D eigenvalue weighted by molar-refractivity contribution is 7.89. The van der Waals surface area contributed by atoms with Crippen molar-refractivity contribution in [2.75, 3.05) is 18.9 Å². The molecule has 0 amide bonds. The fourth-order valence-electron chi connectivity index (χ4n) is 1.26. The summed E-state index contributed by atoms with van der Waals surface area (Å²) in [5, 5.41) is 0. The molecule has 1 aromatic rings. The Labute approximate surface area is 108 Å². The maximum atomic E-state index is 11.8. The lowest BCUT2D eigenvalue weighted by Gasteiger charge is -2.09. The molecule has 1 heterocycles. The van der Waals surface area contributed by atoms with Gasteiger partial charge >= 0.3 is 0 Å². The first-order valence-electron chi connectivity index (χ1n) is 5.73. The fourth-order valence-corrected chi connectivity index (χ4v) is 2.33. The molecule has 0 unspecified atom stereocenters. The Morgan fingerprint density at radius 3 is 2.78 bits per heavy atom. The number of nitrogen functional groups attached to an aromatic ring is 1. The van der Waals surface area contributed by atoms with Crippen molar-refractivity contribution in [1.29, 1.82) is 0 Å². The Morgan fingerprint density at radius 2 is 2.17 bits per heavy atom. The van der Waals surface area contributed by atoms with Crippen LogP contribution in [0.5, 0.6) is 0 Å².